The molecule has 1 aromatic heterocycles. The van der Waals surface area contributed by atoms with Crippen molar-refractivity contribution in [3.05, 3.63) is 22.4 Å². The molecule has 1 aromatic rings. The van der Waals surface area contributed by atoms with Gasteiger partial charge in [-0.1, -0.05) is 18.9 Å². The zero-order valence-corrected chi connectivity index (χ0v) is 21.0. The van der Waals surface area contributed by atoms with E-state index in [4.69, 9.17) is 9.47 Å². The van der Waals surface area contributed by atoms with Gasteiger partial charge in [-0.15, -0.1) is 35.3 Å². The number of fused-ring (bicyclic) bond motifs is 2. The number of hydrogen-bond acceptors (Lipinski definition) is 5. The largest absolute Gasteiger partial charge is 0.379 e. The Hall–Kier alpha value is -0.420. The number of nitrogens with zero attached hydrogens (tertiary/aromatic N) is 2. The molecule has 4 fully saturated rings. The Bertz CT molecular complexity index is 704. The predicted molar refractivity (Wildman–Crippen MR) is 132 cm³/mol. The van der Waals surface area contributed by atoms with Crippen LogP contribution in [0.15, 0.2) is 22.5 Å². The van der Waals surface area contributed by atoms with E-state index in [-0.39, 0.29) is 24.0 Å². The molecular weight excluding hydrogens is 511 g/mol. The highest BCUT2D eigenvalue weighted by molar-refractivity contribution is 14.0. The Morgan fingerprint density at radius 2 is 2.10 bits per heavy atom. The smallest absolute Gasteiger partial charge is 0.191 e. The first-order valence-electron chi connectivity index (χ1n) is 11.3. The summed E-state index contributed by atoms with van der Waals surface area (Å²) in [5.74, 6) is 1.60. The number of ether oxygens (including phenoxy) is 2. The monoisotopic (exact) mass is 546 g/mol. The van der Waals surface area contributed by atoms with Crippen molar-refractivity contribution in [1.29, 1.82) is 0 Å². The van der Waals surface area contributed by atoms with Gasteiger partial charge in [0.1, 0.15) is 0 Å². The highest BCUT2D eigenvalue weighted by atomic mass is 127. The van der Waals surface area contributed by atoms with E-state index >= 15 is 0 Å². The summed E-state index contributed by atoms with van der Waals surface area (Å²) in [7, 11) is 1.90. The molecule has 2 aliphatic carbocycles. The summed E-state index contributed by atoms with van der Waals surface area (Å²) in [6.07, 6.45) is 6.95. The molecule has 4 aliphatic rings. The lowest BCUT2D eigenvalue weighted by molar-refractivity contribution is -0.125. The molecule has 5 rings (SSSR count). The van der Waals surface area contributed by atoms with Crippen molar-refractivity contribution in [2.24, 2.45) is 16.3 Å². The van der Waals surface area contributed by atoms with Gasteiger partial charge in [0, 0.05) is 55.5 Å². The van der Waals surface area contributed by atoms with Gasteiger partial charge in [0.2, 0.25) is 0 Å². The maximum absolute atomic E-state index is 6.14. The molecule has 8 heteroatoms. The first kappa shape index (κ1) is 22.8. The second-order valence-electron chi connectivity index (χ2n) is 8.94. The lowest BCUT2D eigenvalue weighted by Gasteiger charge is -2.57. The molecule has 0 aromatic carbocycles. The lowest BCUT2D eigenvalue weighted by atomic mass is 9.54. The van der Waals surface area contributed by atoms with Gasteiger partial charge in [0.25, 0.3) is 0 Å². The van der Waals surface area contributed by atoms with E-state index in [1.165, 1.54) is 37.0 Å². The fourth-order valence-corrected chi connectivity index (χ4v) is 7.08. The predicted octanol–water partition coefficient (Wildman–Crippen LogP) is 3.25. The molecule has 2 saturated heterocycles. The van der Waals surface area contributed by atoms with Crippen molar-refractivity contribution in [2.45, 2.75) is 50.3 Å². The van der Waals surface area contributed by atoms with Gasteiger partial charge in [-0.25, -0.2) is 0 Å². The molecule has 0 radical (unpaired) electrons. The molecule has 168 valence electrons. The molecule has 30 heavy (non-hydrogen) atoms. The van der Waals surface area contributed by atoms with Crippen LogP contribution in [-0.4, -0.2) is 69.5 Å². The van der Waals surface area contributed by atoms with Crippen LogP contribution in [0.2, 0.25) is 0 Å². The van der Waals surface area contributed by atoms with Crippen LogP contribution in [0.1, 0.15) is 43.0 Å². The Kier molecular flexibility index (Phi) is 7.60. The fourth-order valence-electron chi connectivity index (χ4n) is 6.22. The van der Waals surface area contributed by atoms with Crippen LogP contribution in [0.25, 0.3) is 0 Å². The summed E-state index contributed by atoms with van der Waals surface area (Å²) in [6, 6.07) is 5.27. The van der Waals surface area contributed by atoms with Crippen molar-refractivity contribution in [2.75, 3.05) is 46.5 Å². The van der Waals surface area contributed by atoms with E-state index < -0.39 is 0 Å². The second kappa shape index (κ2) is 10.0. The molecule has 2 N–H and O–H groups in total. The Balaban J connectivity index is 0.00000218. The topological polar surface area (TPSA) is 58.1 Å². The molecule has 2 saturated carbocycles. The first-order chi connectivity index (χ1) is 14.3. The van der Waals surface area contributed by atoms with E-state index in [0.717, 1.165) is 45.4 Å². The standard InChI is InChI=1S/C22H34N4O2S.HI/c1-23-21(25-19-16-6-11-28-20(16)22(19)7-2-3-8-22)24-15-17(18-5-4-14-29-18)26-9-12-27-13-10-26;/h4-5,14,16-17,19-20H,2-3,6-13,15H2,1H3,(H2,23,24,25);1H. The number of hydrogen-bond donors (Lipinski definition) is 2. The van der Waals surface area contributed by atoms with Gasteiger partial charge < -0.3 is 20.1 Å². The lowest BCUT2D eigenvalue weighted by Crippen LogP contribution is -2.69. The normalized spacial score (nSPS) is 31.6. The number of thiophene rings is 1. The van der Waals surface area contributed by atoms with E-state index in [9.17, 15) is 0 Å². The van der Waals surface area contributed by atoms with E-state index in [1.54, 1.807) is 0 Å². The van der Waals surface area contributed by atoms with Crippen molar-refractivity contribution < 1.29 is 9.47 Å². The van der Waals surface area contributed by atoms with Crippen LogP contribution in [0, 0.1) is 11.3 Å². The number of morpholine rings is 1. The summed E-state index contributed by atoms with van der Waals surface area (Å²) in [4.78, 5) is 8.54. The summed E-state index contributed by atoms with van der Waals surface area (Å²) in [5, 5.41) is 9.67. The van der Waals surface area contributed by atoms with Crippen LogP contribution < -0.4 is 10.6 Å². The number of nitrogens with one attached hydrogen (secondary N) is 2. The van der Waals surface area contributed by atoms with Gasteiger partial charge in [-0.3, -0.25) is 9.89 Å². The summed E-state index contributed by atoms with van der Waals surface area (Å²) in [6.45, 7) is 5.42. The summed E-state index contributed by atoms with van der Waals surface area (Å²) >= 11 is 1.84. The zero-order valence-electron chi connectivity index (χ0n) is 17.8. The maximum atomic E-state index is 6.14. The number of aliphatic imine (C=N–C) groups is 1. The van der Waals surface area contributed by atoms with Gasteiger partial charge >= 0.3 is 0 Å². The minimum Gasteiger partial charge on any atom is -0.379 e. The van der Waals surface area contributed by atoms with Gasteiger partial charge in [-0.05, 0) is 30.7 Å². The van der Waals surface area contributed by atoms with Crippen LogP contribution in [0.4, 0.5) is 0 Å². The van der Waals surface area contributed by atoms with Crippen LogP contribution in [0.5, 0.6) is 0 Å². The quantitative estimate of drug-likeness (QED) is 0.338. The molecule has 2 aliphatic heterocycles. The maximum Gasteiger partial charge on any atom is 0.191 e. The summed E-state index contributed by atoms with van der Waals surface area (Å²) < 4.78 is 11.7. The molecule has 0 amide bonds. The second-order valence-corrected chi connectivity index (χ2v) is 9.92. The minimum absolute atomic E-state index is 0. The van der Waals surface area contributed by atoms with Gasteiger partial charge in [0.05, 0.1) is 25.4 Å². The van der Waals surface area contributed by atoms with E-state index in [2.05, 4.69) is 38.0 Å². The molecule has 0 bridgehead atoms. The summed E-state index contributed by atoms with van der Waals surface area (Å²) in [5.41, 5.74) is 0.343. The molecule has 4 unspecified atom stereocenters. The Labute approximate surface area is 201 Å². The minimum atomic E-state index is 0. The van der Waals surface area contributed by atoms with Crippen LogP contribution in [-0.2, 0) is 9.47 Å². The number of halogens is 1. The average molecular weight is 547 g/mol. The average Bonchev–Trinajstić information content (AvgIpc) is 3.52. The van der Waals surface area contributed by atoms with Crippen molar-refractivity contribution in [3.63, 3.8) is 0 Å². The molecular formula is C22H35IN4O2S. The van der Waals surface area contributed by atoms with Crippen molar-refractivity contribution >= 4 is 41.3 Å². The third kappa shape index (κ3) is 4.14. The molecule has 6 nitrogen and oxygen atoms in total. The molecule has 4 atom stereocenters. The first-order valence-corrected chi connectivity index (χ1v) is 12.1. The van der Waals surface area contributed by atoms with E-state index in [0.29, 0.717) is 29.5 Å². The van der Waals surface area contributed by atoms with E-state index in [1.807, 2.05) is 18.4 Å². The van der Waals surface area contributed by atoms with Crippen LogP contribution in [0.3, 0.4) is 0 Å². The zero-order chi connectivity index (χ0) is 19.7. The highest BCUT2D eigenvalue weighted by Gasteiger charge is 2.65. The number of rotatable bonds is 5. The molecule has 3 heterocycles. The van der Waals surface area contributed by atoms with Gasteiger partial charge in [-0.2, -0.15) is 0 Å². The third-order valence-electron chi connectivity index (χ3n) is 7.62. The third-order valence-corrected chi connectivity index (χ3v) is 8.60. The van der Waals surface area contributed by atoms with Crippen molar-refractivity contribution in [1.82, 2.24) is 15.5 Å². The van der Waals surface area contributed by atoms with Gasteiger partial charge in [0.15, 0.2) is 5.96 Å². The van der Waals surface area contributed by atoms with Crippen molar-refractivity contribution in [3.8, 4) is 0 Å². The Morgan fingerprint density at radius 3 is 2.80 bits per heavy atom. The van der Waals surface area contributed by atoms with Crippen LogP contribution >= 0.6 is 35.3 Å². The highest BCUT2D eigenvalue weighted by Crippen LogP contribution is 2.60. The number of guanidine groups is 1. The molecule has 1 spiro atoms. The SMILES string of the molecule is CN=C(NCC(c1cccs1)N1CCOCC1)NC1C2CCOC2C12CCCC2.I. The Morgan fingerprint density at radius 1 is 1.30 bits per heavy atom. The fraction of sp³-hybridized carbons (Fsp3) is 0.773.